The van der Waals surface area contributed by atoms with Gasteiger partial charge in [-0.15, -0.1) is 0 Å². The number of benzene rings is 2. The van der Waals surface area contributed by atoms with Crippen LogP contribution in [0, 0.1) is 0 Å². The van der Waals surface area contributed by atoms with Crippen molar-refractivity contribution in [2.75, 3.05) is 0 Å². The molecule has 8 heteroatoms. The minimum atomic E-state index is -4.54. The standard InChI is InChI=1S/C18H12F3N3O2/c1-24-15(10-14(23-24)18(19,20)21)25-12-8-5-9-13-16(12)22-17(26-13)11-6-3-2-4-7-11/h2-10H,1H3. The molecule has 0 saturated heterocycles. The van der Waals surface area contributed by atoms with Crippen LogP contribution in [0.15, 0.2) is 59.0 Å². The molecule has 0 bridgehead atoms. The number of halogens is 3. The molecule has 0 unspecified atom stereocenters. The Hall–Kier alpha value is -3.29. The van der Waals surface area contributed by atoms with Gasteiger partial charge in [0.15, 0.2) is 22.5 Å². The van der Waals surface area contributed by atoms with E-state index in [2.05, 4.69) is 10.1 Å². The molecule has 0 fully saturated rings. The topological polar surface area (TPSA) is 53.1 Å². The second kappa shape index (κ2) is 5.91. The predicted molar refractivity (Wildman–Crippen MR) is 87.7 cm³/mol. The molecule has 5 nitrogen and oxygen atoms in total. The predicted octanol–water partition coefficient (Wildman–Crippen LogP) is 5.04. The lowest BCUT2D eigenvalue weighted by Crippen LogP contribution is -2.06. The second-order valence-corrected chi connectivity index (χ2v) is 5.58. The SMILES string of the molecule is Cn1nc(C(F)(F)F)cc1Oc1cccc2oc(-c3ccccc3)nc12. The summed E-state index contributed by atoms with van der Waals surface area (Å²) in [6.07, 6.45) is -4.54. The van der Waals surface area contributed by atoms with Crippen molar-refractivity contribution in [1.29, 1.82) is 0 Å². The third-order valence-corrected chi connectivity index (χ3v) is 3.74. The van der Waals surface area contributed by atoms with Crippen LogP contribution < -0.4 is 4.74 Å². The molecule has 0 N–H and O–H groups in total. The first-order valence-electron chi connectivity index (χ1n) is 7.66. The second-order valence-electron chi connectivity index (χ2n) is 5.58. The van der Waals surface area contributed by atoms with Crippen molar-refractivity contribution in [2.45, 2.75) is 6.18 Å². The van der Waals surface area contributed by atoms with Gasteiger partial charge in [-0.1, -0.05) is 24.3 Å². The molecule has 132 valence electrons. The summed E-state index contributed by atoms with van der Waals surface area (Å²) >= 11 is 0. The molecule has 4 rings (SSSR count). The fraction of sp³-hybridized carbons (Fsp3) is 0.111. The fourth-order valence-corrected chi connectivity index (χ4v) is 2.51. The van der Waals surface area contributed by atoms with Crippen LogP contribution in [-0.4, -0.2) is 14.8 Å². The zero-order chi connectivity index (χ0) is 18.3. The van der Waals surface area contributed by atoms with E-state index in [9.17, 15) is 13.2 Å². The molecule has 2 aromatic carbocycles. The van der Waals surface area contributed by atoms with Crippen LogP contribution in [0.1, 0.15) is 5.69 Å². The molecule has 4 aromatic rings. The molecule has 2 heterocycles. The number of fused-ring (bicyclic) bond motifs is 1. The fourth-order valence-electron chi connectivity index (χ4n) is 2.51. The van der Waals surface area contributed by atoms with E-state index in [1.807, 2.05) is 30.3 Å². The normalized spacial score (nSPS) is 11.8. The van der Waals surface area contributed by atoms with Crippen LogP contribution in [0.4, 0.5) is 13.2 Å². The average molecular weight is 359 g/mol. The number of aryl methyl sites for hydroxylation is 1. The summed E-state index contributed by atoms with van der Waals surface area (Å²) in [5.41, 5.74) is 0.655. The highest BCUT2D eigenvalue weighted by molar-refractivity contribution is 5.82. The summed E-state index contributed by atoms with van der Waals surface area (Å²) in [6, 6.07) is 15.1. The van der Waals surface area contributed by atoms with Gasteiger partial charge in [-0.05, 0) is 24.3 Å². The number of hydrogen-bond acceptors (Lipinski definition) is 4. The van der Waals surface area contributed by atoms with E-state index in [1.54, 1.807) is 18.2 Å². The zero-order valence-corrected chi connectivity index (χ0v) is 13.5. The van der Waals surface area contributed by atoms with E-state index in [0.29, 0.717) is 17.0 Å². The van der Waals surface area contributed by atoms with Crippen LogP contribution in [0.3, 0.4) is 0 Å². The van der Waals surface area contributed by atoms with Gasteiger partial charge in [0.25, 0.3) is 0 Å². The number of oxazole rings is 1. The van der Waals surface area contributed by atoms with Gasteiger partial charge < -0.3 is 9.15 Å². The van der Waals surface area contributed by atoms with E-state index in [0.717, 1.165) is 16.3 Å². The van der Waals surface area contributed by atoms with E-state index in [4.69, 9.17) is 9.15 Å². The molecule has 26 heavy (non-hydrogen) atoms. The van der Waals surface area contributed by atoms with Gasteiger partial charge in [0.1, 0.15) is 0 Å². The van der Waals surface area contributed by atoms with E-state index >= 15 is 0 Å². The van der Waals surface area contributed by atoms with Crippen LogP contribution in [0.5, 0.6) is 11.6 Å². The lowest BCUT2D eigenvalue weighted by molar-refractivity contribution is -0.141. The minimum absolute atomic E-state index is 0.0471. The molecule has 0 atom stereocenters. The molecular formula is C18H12F3N3O2. The van der Waals surface area contributed by atoms with E-state index in [-0.39, 0.29) is 11.6 Å². The van der Waals surface area contributed by atoms with Gasteiger partial charge in [0.2, 0.25) is 11.8 Å². The van der Waals surface area contributed by atoms with Crippen molar-refractivity contribution in [2.24, 2.45) is 7.05 Å². The molecule has 0 radical (unpaired) electrons. The third kappa shape index (κ3) is 2.90. The average Bonchev–Trinajstić information content (AvgIpc) is 3.20. The first-order valence-corrected chi connectivity index (χ1v) is 7.66. The Morgan fingerprint density at radius 1 is 1.04 bits per heavy atom. The summed E-state index contributed by atoms with van der Waals surface area (Å²) in [5.74, 6) is 0.636. The summed E-state index contributed by atoms with van der Waals surface area (Å²) in [4.78, 5) is 4.42. The molecule has 0 aliphatic carbocycles. The maximum absolute atomic E-state index is 12.8. The van der Waals surface area contributed by atoms with Crippen LogP contribution in [0.2, 0.25) is 0 Å². The molecule has 0 spiro atoms. The quantitative estimate of drug-likeness (QED) is 0.514. The summed E-state index contributed by atoms with van der Waals surface area (Å²) in [6.45, 7) is 0. The summed E-state index contributed by atoms with van der Waals surface area (Å²) < 4.78 is 50.8. The molecule has 2 aromatic heterocycles. The number of rotatable bonds is 3. The number of alkyl halides is 3. The summed E-state index contributed by atoms with van der Waals surface area (Å²) in [7, 11) is 1.38. The molecule has 0 amide bonds. The van der Waals surface area contributed by atoms with Gasteiger partial charge in [-0.25, -0.2) is 9.67 Å². The Morgan fingerprint density at radius 3 is 2.50 bits per heavy atom. The lowest BCUT2D eigenvalue weighted by Gasteiger charge is -2.04. The Bertz CT molecular complexity index is 1070. The van der Waals surface area contributed by atoms with Crippen molar-refractivity contribution < 1.29 is 22.3 Å². The smallest absolute Gasteiger partial charge is 0.435 e. The highest BCUT2D eigenvalue weighted by atomic mass is 19.4. The number of aromatic nitrogens is 3. The largest absolute Gasteiger partial charge is 0.437 e. The van der Waals surface area contributed by atoms with Crippen LogP contribution in [-0.2, 0) is 13.2 Å². The maximum atomic E-state index is 12.8. The van der Waals surface area contributed by atoms with Gasteiger partial charge in [-0.2, -0.15) is 18.3 Å². The van der Waals surface area contributed by atoms with Crippen molar-refractivity contribution in [1.82, 2.24) is 14.8 Å². The van der Waals surface area contributed by atoms with Gasteiger partial charge in [0.05, 0.1) is 0 Å². The van der Waals surface area contributed by atoms with E-state index in [1.165, 1.54) is 7.05 Å². The summed E-state index contributed by atoms with van der Waals surface area (Å²) in [5, 5.41) is 3.43. The zero-order valence-electron chi connectivity index (χ0n) is 13.5. The van der Waals surface area contributed by atoms with Crippen LogP contribution in [0.25, 0.3) is 22.6 Å². The first kappa shape index (κ1) is 16.2. The number of para-hydroxylation sites is 1. The Morgan fingerprint density at radius 2 is 1.81 bits per heavy atom. The van der Waals surface area contributed by atoms with Crippen molar-refractivity contribution in [3.63, 3.8) is 0 Å². The lowest BCUT2D eigenvalue weighted by atomic mass is 10.2. The van der Waals surface area contributed by atoms with Crippen molar-refractivity contribution in [3.05, 3.63) is 60.3 Å². The van der Waals surface area contributed by atoms with Gasteiger partial charge >= 0.3 is 6.18 Å². The number of nitrogens with zero attached hydrogens (tertiary/aromatic N) is 3. The Labute approximate surface area is 145 Å². The maximum Gasteiger partial charge on any atom is 0.435 e. The Kier molecular flexibility index (Phi) is 3.68. The number of ether oxygens (including phenoxy) is 1. The highest BCUT2D eigenvalue weighted by Gasteiger charge is 2.35. The number of hydrogen-bond donors (Lipinski definition) is 0. The molecular weight excluding hydrogens is 347 g/mol. The first-order chi connectivity index (χ1) is 12.4. The van der Waals surface area contributed by atoms with Crippen molar-refractivity contribution >= 4 is 11.1 Å². The molecule has 0 aliphatic heterocycles. The van der Waals surface area contributed by atoms with Gasteiger partial charge in [0, 0.05) is 18.7 Å². The third-order valence-electron chi connectivity index (χ3n) is 3.74. The van der Waals surface area contributed by atoms with Crippen molar-refractivity contribution in [3.8, 4) is 23.1 Å². The van der Waals surface area contributed by atoms with E-state index < -0.39 is 11.9 Å². The van der Waals surface area contributed by atoms with Gasteiger partial charge in [-0.3, -0.25) is 0 Å². The minimum Gasteiger partial charge on any atom is -0.437 e. The Balaban J connectivity index is 1.74. The molecule has 0 saturated carbocycles. The molecule has 0 aliphatic rings. The monoisotopic (exact) mass is 359 g/mol. The van der Waals surface area contributed by atoms with Crippen LogP contribution >= 0.6 is 0 Å². The highest BCUT2D eigenvalue weighted by Crippen LogP contribution is 2.35.